The Morgan fingerprint density at radius 3 is 2.65 bits per heavy atom. The Morgan fingerprint density at radius 1 is 1.35 bits per heavy atom. The number of thiazole rings is 1. The fraction of sp³-hybridized carbons (Fsp3) is 0.444. The van der Waals surface area contributed by atoms with E-state index in [1.54, 1.807) is 18.4 Å². The van der Waals surface area contributed by atoms with Gasteiger partial charge in [0.1, 0.15) is 5.01 Å². The topological polar surface area (TPSA) is 51.2 Å². The summed E-state index contributed by atoms with van der Waals surface area (Å²) in [6, 6.07) is 7.37. The van der Waals surface area contributed by atoms with E-state index in [4.69, 9.17) is 4.74 Å². The monoisotopic (exact) mass is 332 g/mol. The van der Waals surface area contributed by atoms with Crippen molar-refractivity contribution in [2.24, 2.45) is 0 Å². The molecule has 0 aliphatic heterocycles. The highest BCUT2D eigenvalue weighted by Gasteiger charge is 2.21. The minimum absolute atomic E-state index is 0.0174. The lowest BCUT2D eigenvalue weighted by Gasteiger charge is -2.16. The molecular weight excluding hydrogens is 308 g/mol. The Kier molecular flexibility index (Phi) is 5.55. The Morgan fingerprint density at radius 2 is 2.04 bits per heavy atom. The molecule has 4 nitrogen and oxygen atoms in total. The van der Waals surface area contributed by atoms with Crippen LogP contribution in [0.1, 0.15) is 60.4 Å². The van der Waals surface area contributed by atoms with Crippen LogP contribution in [0.4, 0.5) is 0 Å². The van der Waals surface area contributed by atoms with Crippen LogP contribution in [0, 0.1) is 0 Å². The van der Waals surface area contributed by atoms with Crippen LogP contribution in [0.2, 0.25) is 0 Å². The van der Waals surface area contributed by atoms with Crippen LogP contribution in [-0.4, -0.2) is 18.0 Å². The van der Waals surface area contributed by atoms with E-state index >= 15 is 0 Å². The summed E-state index contributed by atoms with van der Waals surface area (Å²) in [5.41, 5.74) is 2.60. The molecule has 1 heterocycles. The molecule has 5 heteroatoms. The number of rotatable bonds is 5. The lowest BCUT2D eigenvalue weighted by molar-refractivity contribution is 0.0935. The van der Waals surface area contributed by atoms with Gasteiger partial charge in [-0.2, -0.15) is 0 Å². The zero-order chi connectivity index (χ0) is 17.0. The fourth-order valence-electron chi connectivity index (χ4n) is 2.19. The van der Waals surface area contributed by atoms with Crippen LogP contribution in [0.25, 0.3) is 0 Å². The van der Waals surface area contributed by atoms with E-state index in [1.807, 2.05) is 31.2 Å². The zero-order valence-electron chi connectivity index (χ0n) is 14.3. The number of amides is 1. The second kappa shape index (κ2) is 7.23. The molecule has 1 unspecified atom stereocenters. The number of aromatic nitrogens is 1. The Bertz CT molecular complexity index is 674. The molecule has 124 valence electrons. The van der Waals surface area contributed by atoms with Gasteiger partial charge in [0.2, 0.25) is 0 Å². The number of nitrogens with zero attached hydrogens (tertiary/aromatic N) is 1. The van der Waals surface area contributed by atoms with Crippen molar-refractivity contribution >= 4 is 17.2 Å². The molecule has 23 heavy (non-hydrogen) atoms. The maximum Gasteiger partial charge on any atom is 0.252 e. The molecule has 1 aromatic carbocycles. The Hall–Kier alpha value is -1.72. The van der Waals surface area contributed by atoms with E-state index in [0.717, 1.165) is 16.3 Å². The van der Waals surface area contributed by atoms with Crippen LogP contribution in [0.15, 0.2) is 29.6 Å². The zero-order valence-corrected chi connectivity index (χ0v) is 15.2. The molecule has 2 rings (SSSR count). The molecule has 1 atom stereocenters. The summed E-state index contributed by atoms with van der Waals surface area (Å²) in [6.07, 6.45) is 0. The molecule has 0 bridgehead atoms. The van der Waals surface area contributed by atoms with Crippen molar-refractivity contribution in [1.29, 1.82) is 0 Å². The van der Waals surface area contributed by atoms with Gasteiger partial charge < -0.3 is 10.1 Å². The second-order valence-corrected chi connectivity index (χ2v) is 7.50. The Balaban J connectivity index is 2.12. The number of methoxy groups -OCH3 is 1. The molecule has 2 aromatic rings. The van der Waals surface area contributed by atoms with Gasteiger partial charge in [0.25, 0.3) is 5.91 Å². The predicted octanol–water partition coefficient (Wildman–Crippen LogP) is 4.08. The van der Waals surface area contributed by atoms with E-state index in [2.05, 4.69) is 36.5 Å². The van der Waals surface area contributed by atoms with Crippen molar-refractivity contribution in [1.82, 2.24) is 10.3 Å². The summed E-state index contributed by atoms with van der Waals surface area (Å²) in [5.74, 6) is -0.0994. The van der Waals surface area contributed by atoms with E-state index < -0.39 is 0 Å². The van der Waals surface area contributed by atoms with Crippen LogP contribution in [-0.2, 0) is 16.8 Å². The van der Waals surface area contributed by atoms with Gasteiger partial charge in [-0.25, -0.2) is 4.98 Å². The SMILES string of the molecule is COCc1ccccc1C(=O)NC(C)c1nc(C(C)(C)C)cs1. The first-order chi connectivity index (χ1) is 10.8. The van der Waals surface area contributed by atoms with Crippen LogP contribution < -0.4 is 5.32 Å². The number of ether oxygens (including phenoxy) is 1. The number of nitrogens with one attached hydrogen (secondary N) is 1. The first kappa shape index (κ1) is 17.6. The van der Waals surface area contributed by atoms with Gasteiger partial charge in [0.15, 0.2) is 0 Å². The quantitative estimate of drug-likeness (QED) is 0.897. The highest BCUT2D eigenvalue weighted by molar-refractivity contribution is 7.09. The molecule has 1 amide bonds. The number of carbonyl (C=O) groups excluding carboxylic acids is 1. The normalized spacial score (nSPS) is 12.9. The van der Waals surface area contributed by atoms with Crippen molar-refractivity contribution in [3.05, 3.63) is 51.5 Å². The third kappa shape index (κ3) is 4.39. The first-order valence-corrected chi connectivity index (χ1v) is 8.54. The highest BCUT2D eigenvalue weighted by atomic mass is 32.1. The number of benzene rings is 1. The van der Waals surface area contributed by atoms with Gasteiger partial charge in [-0.3, -0.25) is 4.79 Å². The predicted molar refractivity (Wildman–Crippen MR) is 93.9 cm³/mol. The highest BCUT2D eigenvalue weighted by Crippen LogP contribution is 2.27. The van der Waals surface area contributed by atoms with Gasteiger partial charge in [0.05, 0.1) is 18.3 Å². The molecule has 0 aliphatic carbocycles. The lowest BCUT2D eigenvalue weighted by atomic mass is 9.93. The third-order valence-corrected chi connectivity index (χ3v) is 4.60. The summed E-state index contributed by atoms with van der Waals surface area (Å²) in [6.45, 7) is 8.79. The van der Waals surface area contributed by atoms with Crippen LogP contribution in [0.3, 0.4) is 0 Å². The molecule has 0 aliphatic rings. The molecular formula is C18H24N2O2S. The van der Waals surface area contributed by atoms with E-state index in [1.165, 1.54) is 0 Å². The summed E-state index contributed by atoms with van der Waals surface area (Å²) in [5, 5.41) is 6.02. The molecule has 0 radical (unpaired) electrons. The minimum Gasteiger partial charge on any atom is -0.380 e. The minimum atomic E-state index is -0.126. The average Bonchev–Trinajstić information content (AvgIpc) is 2.98. The number of hydrogen-bond donors (Lipinski definition) is 1. The van der Waals surface area contributed by atoms with Crippen molar-refractivity contribution in [2.75, 3.05) is 7.11 Å². The van der Waals surface area contributed by atoms with E-state index in [-0.39, 0.29) is 17.4 Å². The average molecular weight is 332 g/mol. The summed E-state index contributed by atoms with van der Waals surface area (Å²) < 4.78 is 5.16. The molecule has 1 aromatic heterocycles. The fourth-order valence-corrected chi connectivity index (χ4v) is 3.24. The van der Waals surface area contributed by atoms with Gasteiger partial charge in [-0.05, 0) is 18.6 Å². The van der Waals surface area contributed by atoms with Crippen LogP contribution in [0.5, 0.6) is 0 Å². The molecule has 1 N–H and O–H groups in total. The van der Waals surface area contributed by atoms with Gasteiger partial charge in [0, 0.05) is 23.5 Å². The molecule has 0 fully saturated rings. The number of hydrogen-bond acceptors (Lipinski definition) is 4. The summed E-state index contributed by atoms with van der Waals surface area (Å²) >= 11 is 1.59. The van der Waals surface area contributed by atoms with Gasteiger partial charge >= 0.3 is 0 Å². The van der Waals surface area contributed by atoms with Crippen molar-refractivity contribution in [3.8, 4) is 0 Å². The van der Waals surface area contributed by atoms with E-state index in [9.17, 15) is 4.79 Å². The largest absolute Gasteiger partial charge is 0.380 e. The van der Waals surface area contributed by atoms with E-state index in [0.29, 0.717) is 12.2 Å². The maximum atomic E-state index is 12.5. The van der Waals surface area contributed by atoms with Crippen molar-refractivity contribution in [2.45, 2.75) is 45.8 Å². The molecule has 0 saturated heterocycles. The van der Waals surface area contributed by atoms with Crippen molar-refractivity contribution in [3.63, 3.8) is 0 Å². The van der Waals surface area contributed by atoms with Gasteiger partial charge in [-0.15, -0.1) is 11.3 Å². The lowest BCUT2D eigenvalue weighted by Crippen LogP contribution is -2.27. The standard InChI is InChI=1S/C18H24N2O2S/c1-12(17-20-15(11-23-17)18(2,3)4)19-16(21)14-9-7-6-8-13(14)10-22-5/h6-9,11-12H,10H2,1-5H3,(H,19,21). The van der Waals surface area contributed by atoms with Crippen molar-refractivity contribution < 1.29 is 9.53 Å². The first-order valence-electron chi connectivity index (χ1n) is 7.66. The molecule has 0 spiro atoms. The third-order valence-electron chi connectivity index (χ3n) is 3.57. The second-order valence-electron chi connectivity index (χ2n) is 6.61. The number of carbonyl (C=O) groups is 1. The summed E-state index contributed by atoms with van der Waals surface area (Å²) in [4.78, 5) is 17.2. The smallest absolute Gasteiger partial charge is 0.252 e. The molecule has 0 saturated carbocycles. The van der Waals surface area contributed by atoms with Gasteiger partial charge in [-0.1, -0.05) is 39.0 Å². The summed E-state index contributed by atoms with van der Waals surface area (Å²) in [7, 11) is 1.63. The van der Waals surface area contributed by atoms with Crippen LogP contribution >= 0.6 is 11.3 Å². The maximum absolute atomic E-state index is 12.5. The Labute approximate surface area is 141 Å².